The number of aromatic amines is 1. The van der Waals surface area contributed by atoms with Crippen LogP contribution in [0, 0.1) is 0 Å². The molecular weight excluding hydrogens is 426 g/mol. The highest BCUT2D eigenvalue weighted by atomic mass is 35.5. The van der Waals surface area contributed by atoms with Crippen molar-refractivity contribution in [1.82, 2.24) is 14.7 Å². The minimum atomic E-state index is -3.63. The molecule has 3 rings (SSSR count). The Labute approximate surface area is 180 Å². The van der Waals surface area contributed by atoms with Gasteiger partial charge in [0, 0.05) is 36.8 Å². The van der Waals surface area contributed by atoms with Crippen LogP contribution in [0.3, 0.4) is 0 Å². The Hall–Kier alpha value is -2.68. The fourth-order valence-electron chi connectivity index (χ4n) is 3.10. The van der Waals surface area contributed by atoms with E-state index in [9.17, 15) is 13.2 Å². The van der Waals surface area contributed by atoms with Gasteiger partial charge in [-0.25, -0.2) is 18.1 Å². The van der Waals surface area contributed by atoms with E-state index in [-0.39, 0.29) is 17.9 Å². The first-order chi connectivity index (χ1) is 14.3. The van der Waals surface area contributed by atoms with Gasteiger partial charge >= 0.3 is 5.97 Å². The maximum Gasteiger partial charge on any atom is 0.303 e. The summed E-state index contributed by atoms with van der Waals surface area (Å²) >= 11 is 5.81. The standard InChI is InChI=1S/C21H22ClN3O4S/c22-18-2-4-19(5-3-18)30(28,29)25-8-7-16-11-15(1-6-21(26)27)12-17(13-16)14-20-23-9-10-24-20/h2-5,9-13,25H,1,6-8,14H2,(H,23,24)(H,26,27). The number of carbonyl (C=O) groups is 1. The molecule has 0 aliphatic carbocycles. The van der Waals surface area contributed by atoms with Crippen molar-refractivity contribution in [3.63, 3.8) is 0 Å². The van der Waals surface area contributed by atoms with Gasteiger partial charge in [0.15, 0.2) is 0 Å². The van der Waals surface area contributed by atoms with Crippen molar-refractivity contribution in [2.45, 2.75) is 30.6 Å². The van der Waals surface area contributed by atoms with Crippen molar-refractivity contribution in [3.8, 4) is 0 Å². The molecule has 0 bridgehead atoms. The van der Waals surface area contributed by atoms with Crippen molar-refractivity contribution in [2.24, 2.45) is 0 Å². The lowest BCUT2D eigenvalue weighted by Gasteiger charge is -2.11. The number of sulfonamides is 1. The number of hydrogen-bond acceptors (Lipinski definition) is 4. The monoisotopic (exact) mass is 447 g/mol. The summed E-state index contributed by atoms with van der Waals surface area (Å²) in [4.78, 5) is 18.4. The van der Waals surface area contributed by atoms with E-state index >= 15 is 0 Å². The first-order valence-corrected chi connectivity index (χ1v) is 11.2. The third-order valence-corrected chi connectivity index (χ3v) is 6.22. The number of carboxylic acids is 1. The number of H-pyrrole nitrogens is 1. The van der Waals surface area contributed by atoms with Crippen LogP contribution in [0.4, 0.5) is 0 Å². The number of benzene rings is 2. The molecule has 1 heterocycles. The molecule has 0 unspecified atom stereocenters. The lowest BCUT2D eigenvalue weighted by molar-refractivity contribution is -0.136. The molecule has 0 aliphatic heterocycles. The second-order valence-corrected chi connectivity index (χ2v) is 9.07. The highest BCUT2D eigenvalue weighted by Gasteiger charge is 2.13. The van der Waals surface area contributed by atoms with Gasteiger partial charge in [-0.15, -0.1) is 0 Å². The maximum atomic E-state index is 12.4. The van der Waals surface area contributed by atoms with E-state index in [4.69, 9.17) is 16.7 Å². The molecule has 0 amide bonds. The van der Waals surface area contributed by atoms with E-state index in [0.29, 0.717) is 24.3 Å². The summed E-state index contributed by atoms with van der Waals surface area (Å²) < 4.78 is 27.4. The van der Waals surface area contributed by atoms with Crippen molar-refractivity contribution >= 4 is 27.6 Å². The van der Waals surface area contributed by atoms with Gasteiger partial charge in [-0.1, -0.05) is 29.8 Å². The summed E-state index contributed by atoms with van der Waals surface area (Å²) in [7, 11) is -3.63. The summed E-state index contributed by atoms with van der Waals surface area (Å²) in [5, 5.41) is 9.45. The summed E-state index contributed by atoms with van der Waals surface area (Å²) in [5.74, 6) is -0.0523. The van der Waals surface area contributed by atoms with Gasteiger partial charge in [0.05, 0.1) is 4.90 Å². The van der Waals surface area contributed by atoms with E-state index in [0.717, 1.165) is 22.5 Å². The summed E-state index contributed by atoms with van der Waals surface area (Å²) in [5.41, 5.74) is 2.82. The van der Waals surface area contributed by atoms with Gasteiger partial charge < -0.3 is 10.1 Å². The van der Waals surface area contributed by atoms with E-state index in [2.05, 4.69) is 14.7 Å². The van der Waals surface area contributed by atoms with Crippen LogP contribution in [0.25, 0.3) is 0 Å². The van der Waals surface area contributed by atoms with Crippen LogP contribution >= 0.6 is 11.6 Å². The SMILES string of the molecule is O=C(O)CCc1cc(CCNS(=O)(=O)c2ccc(Cl)cc2)cc(Cc2ncc[nH]2)c1. The van der Waals surface area contributed by atoms with Crippen LogP contribution in [0.2, 0.25) is 5.02 Å². The Morgan fingerprint density at radius 1 is 1.07 bits per heavy atom. The number of rotatable bonds is 10. The fourth-order valence-corrected chi connectivity index (χ4v) is 4.25. The lowest BCUT2D eigenvalue weighted by Crippen LogP contribution is -2.26. The molecule has 1 aromatic heterocycles. The second-order valence-electron chi connectivity index (χ2n) is 6.87. The normalized spacial score (nSPS) is 11.5. The summed E-state index contributed by atoms with van der Waals surface area (Å²) in [6, 6.07) is 11.9. The number of hydrogen-bond donors (Lipinski definition) is 3. The van der Waals surface area contributed by atoms with E-state index in [1.807, 2.05) is 18.2 Å². The molecule has 0 saturated carbocycles. The minimum Gasteiger partial charge on any atom is -0.481 e. The summed E-state index contributed by atoms with van der Waals surface area (Å²) in [6.45, 7) is 0.216. The number of imidazole rings is 1. The predicted molar refractivity (Wildman–Crippen MR) is 114 cm³/mol. The highest BCUT2D eigenvalue weighted by Crippen LogP contribution is 2.17. The van der Waals surface area contributed by atoms with Gasteiger partial charge in [0.2, 0.25) is 10.0 Å². The Bertz CT molecular complexity index is 1100. The van der Waals surface area contributed by atoms with E-state index in [1.54, 1.807) is 12.4 Å². The number of aromatic nitrogens is 2. The van der Waals surface area contributed by atoms with Gasteiger partial charge in [0.1, 0.15) is 5.82 Å². The number of halogens is 1. The molecule has 0 aliphatic rings. The molecule has 9 heteroatoms. The molecular formula is C21H22ClN3O4S. The third kappa shape index (κ3) is 6.41. The zero-order valence-electron chi connectivity index (χ0n) is 16.1. The van der Waals surface area contributed by atoms with Crippen LogP contribution in [-0.2, 0) is 34.1 Å². The molecule has 0 atom stereocenters. The number of nitrogens with zero attached hydrogens (tertiary/aromatic N) is 1. The second kappa shape index (κ2) is 9.88. The van der Waals surface area contributed by atoms with Crippen LogP contribution in [0.5, 0.6) is 0 Å². The zero-order chi connectivity index (χ0) is 21.6. The molecule has 0 spiro atoms. The van der Waals surface area contributed by atoms with Crippen molar-refractivity contribution < 1.29 is 18.3 Å². The zero-order valence-corrected chi connectivity index (χ0v) is 17.7. The van der Waals surface area contributed by atoms with Crippen LogP contribution in [-0.4, -0.2) is 36.0 Å². The predicted octanol–water partition coefficient (Wildman–Crippen LogP) is 3.19. The van der Waals surface area contributed by atoms with Gasteiger partial charge in [0.25, 0.3) is 0 Å². The first-order valence-electron chi connectivity index (χ1n) is 9.39. The van der Waals surface area contributed by atoms with Crippen molar-refractivity contribution in [1.29, 1.82) is 0 Å². The van der Waals surface area contributed by atoms with Gasteiger partial charge in [-0.2, -0.15) is 0 Å². The molecule has 158 valence electrons. The minimum absolute atomic E-state index is 0.0346. The lowest BCUT2D eigenvalue weighted by atomic mass is 9.99. The van der Waals surface area contributed by atoms with E-state index in [1.165, 1.54) is 24.3 Å². The molecule has 7 nitrogen and oxygen atoms in total. The average molecular weight is 448 g/mol. The van der Waals surface area contributed by atoms with Crippen LogP contribution < -0.4 is 4.72 Å². The largest absolute Gasteiger partial charge is 0.481 e. The molecule has 0 saturated heterocycles. The molecule has 0 radical (unpaired) electrons. The van der Waals surface area contributed by atoms with Crippen LogP contribution in [0.1, 0.15) is 28.9 Å². The first kappa shape index (κ1) is 22.0. The maximum absolute atomic E-state index is 12.4. The number of aryl methyl sites for hydroxylation is 1. The highest BCUT2D eigenvalue weighted by molar-refractivity contribution is 7.89. The molecule has 2 aromatic carbocycles. The number of aliphatic carboxylic acids is 1. The van der Waals surface area contributed by atoms with Crippen molar-refractivity contribution in [3.05, 3.63) is 82.4 Å². The summed E-state index contributed by atoms with van der Waals surface area (Å²) in [6.07, 6.45) is 4.92. The van der Waals surface area contributed by atoms with E-state index < -0.39 is 16.0 Å². The topological polar surface area (TPSA) is 112 Å². The molecule has 3 aromatic rings. The average Bonchev–Trinajstić information content (AvgIpc) is 3.19. The molecule has 0 fully saturated rings. The Balaban J connectivity index is 1.70. The Kier molecular flexibility index (Phi) is 7.25. The number of nitrogens with one attached hydrogen (secondary N) is 2. The number of carboxylic acid groups (broad SMARTS) is 1. The molecule has 30 heavy (non-hydrogen) atoms. The van der Waals surface area contributed by atoms with Crippen LogP contribution in [0.15, 0.2) is 59.8 Å². The van der Waals surface area contributed by atoms with Gasteiger partial charge in [-0.3, -0.25) is 4.79 Å². The quantitative estimate of drug-likeness (QED) is 0.442. The Morgan fingerprint density at radius 3 is 2.37 bits per heavy atom. The smallest absolute Gasteiger partial charge is 0.303 e. The fraction of sp³-hybridized carbons (Fsp3) is 0.238. The van der Waals surface area contributed by atoms with Crippen molar-refractivity contribution in [2.75, 3.05) is 6.54 Å². The molecule has 3 N–H and O–H groups in total. The third-order valence-electron chi connectivity index (χ3n) is 4.50. The van der Waals surface area contributed by atoms with Gasteiger partial charge in [-0.05, 0) is 53.8 Å². The Morgan fingerprint density at radius 2 is 1.73 bits per heavy atom.